The third-order valence-corrected chi connectivity index (χ3v) is 5.57. The van der Waals surface area contributed by atoms with Gasteiger partial charge in [-0.3, -0.25) is 14.4 Å². The fourth-order valence-corrected chi connectivity index (χ4v) is 4.24. The van der Waals surface area contributed by atoms with Crippen molar-refractivity contribution in [1.82, 2.24) is 10.2 Å². The van der Waals surface area contributed by atoms with Gasteiger partial charge in [-0.15, -0.1) is 0 Å². The van der Waals surface area contributed by atoms with Gasteiger partial charge in [0, 0.05) is 32.5 Å². The van der Waals surface area contributed by atoms with E-state index in [1.54, 1.807) is 12.1 Å². The van der Waals surface area contributed by atoms with E-state index in [-0.39, 0.29) is 42.1 Å². The van der Waals surface area contributed by atoms with Gasteiger partial charge in [-0.25, -0.2) is 0 Å². The highest BCUT2D eigenvalue weighted by atomic mass is 16.5. The molecule has 3 N–H and O–H groups in total. The molecule has 0 saturated heterocycles. The Kier molecular flexibility index (Phi) is 9.11. The highest BCUT2D eigenvalue weighted by molar-refractivity contribution is 5.80. The topological polar surface area (TPSA) is 116 Å². The van der Waals surface area contributed by atoms with Crippen molar-refractivity contribution in [2.75, 3.05) is 13.2 Å². The number of hydrogen-bond acceptors (Lipinski definition) is 5. The monoisotopic (exact) mass is 420 g/mol. The molecular weight excluding hydrogens is 388 g/mol. The average molecular weight is 421 g/mol. The molecule has 1 aliphatic heterocycles. The van der Waals surface area contributed by atoms with Gasteiger partial charge in [0.15, 0.2) is 0 Å². The van der Waals surface area contributed by atoms with E-state index in [1.807, 2.05) is 11.0 Å². The summed E-state index contributed by atoms with van der Waals surface area (Å²) in [5.74, 6) is 0.207. The van der Waals surface area contributed by atoms with Crippen molar-refractivity contribution in [2.24, 2.45) is 5.92 Å². The molecule has 1 aromatic rings. The molecule has 8 heteroatoms. The molecule has 1 aromatic carbocycles. The van der Waals surface area contributed by atoms with Crippen LogP contribution >= 0.6 is 0 Å². The smallest absolute Gasteiger partial charge is 0.290 e. The number of carbonyl (C=O) groups excluding carboxylic acids is 2. The largest absolute Gasteiger partial charge is 0.508 e. The van der Waals surface area contributed by atoms with E-state index in [9.17, 15) is 14.7 Å². The fraction of sp³-hybridized carbons (Fsp3) is 0.591. The number of rotatable bonds is 5. The van der Waals surface area contributed by atoms with E-state index in [0.717, 1.165) is 31.2 Å². The summed E-state index contributed by atoms with van der Waals surface area (Å²) in [7, 11) is 0. The Labute approximate surface area is 177 Å². The Morgan fingerprint density at radius 1 is 1.30 bits per heavy atom. The van der Waals surface area contributed by atoms with Crippen LogP contribution in [0.2, 0.25) is 0 Å². The molecule has 2 amide bonds. The number of fused-ring (bicyclic) bond motifs is 1. The lowest BCUT2D eigenvalue weighted by molar-refractivity contribution is -0.140. The number of amides is 2. The van der Waals surface area contributed by atoms with Gasteiger partial charge in [-0.05, 0) is 55.4 Å². The number of carbonyl (C=O) groups is 3. The minimum Gasteiger partial charge on any atom is -0.508 e. The molecule has 2 aliphatic rings. The number of nitrogens with one attached hydrogen (secondary N) is 1. The summed E-state index contributed by atoms with van der Waals surface area (Å²) in [5, 5.41) is 19.6. The molecule has 0 unspecified atom stereocenters. The third kappa shape index (κ3) is 6.45. The predicted molar refractivity (Wildman–Crippen MR) is 111 cm³/mol. The van der Waals surface area contributed by atoms with Crippen molar-refractivity contribution in [2.45, 2.75) is 64.6 Å². The van der Waals surface area contributed by atoms with Crippen molar-refractivity contribution < 1.29 is 29.3 Å². The van der Waals surface area contributed by atoms with E-state index in [0.29, 0.717) is 26.1 Å². The minimum absolute atomic E-state index is 0.0167. The Morgan fingerprint density at radius 2 is 2.03 bits per heavy atom. The summed E-state index contributed by atoms with van der Waals surface area (Å²) in [4.78, 5) is 35.0. The molecule has 1 aliphatic carbocycles. The molecule has 1 saturated carbocycles. The maximum atomic E-state index is 13.1. The first-order valence-corrected chi connectivity index (χ1v) is 10.5. The third-order valence-electron chi connectivity index (χ3n) is 5.57. The van der Waals surface area contributed by atoms with Crippen LogP contribution in [0, 0.1) is 5.92 Å². The van der Waals surface area contributed by atoms with Gasteiger partial charge >= 0.3 is 0 Å². The number of benzene rings is 1. The summed E-state index contributed by atoms with van der Waals surface area (Å²) < 4.78 is 5.91. The zero-order chi connectivity index (χ0) is 22.1. The fourth-order valence-electron chi connectivity index (χ4n) is 4.24. The van der Waals surface area contributed by atoms with Crippen LogP contribution in [0.1, 0.15) is 50.7 Å². The summed E-state index contributed by atoms with van der Waals surface area (Å²) in [6.45, 7) is 5.24. The number of nitrogens with zero attached hydrogens (tertiary/aromatic N) is 1. The lowest BCUT2D eigenvalue weighted by Gasteiger charge is -2.38. The minimum atomic E-state index is -0.250. The normalized spacial score (nSPS) is 22.9. The molecule has 1 fully saturated rings. The van der Waals surface area contributed by atoms with Crippen molar-refractivity contribution in [1.29, 1.82) is 0 Å². The van der Waals surface area contributed by atoms with Crippen LogP contribution in [0.4, 0.5) is 0 Å². The number of hydrogen-bond donors (Lipinski definition) is 3. The summed E-state index contributed by atoms with van der Waals surface area (Å²) in [5.41, 5.74) is 2.22. The first kappa shape index (κ1) is 23.7. The molecule has 3 atom stereocenters. The van der Waals surface area contributed by atoms with Crippen LogP contribution in [0.3, 0.4) is 0 Å². The number of ether oxygens (including phenoxy) is 1. The maximum Gasteiger partial charge on any atom is 0.290 e. The van der Waals surface area contributed by atoms with Gasteiger partial charge in [0.2, 0.25) is 11.8 Å². The molecule has 0 radical (unpaired) electrons. The van der Waals surface area contributed by atoms with Gasteiger partial charge < -0.3 is 25.2 Å². The molecule has 1 heterocycles. The van der Waals surface area contributed by atoms with E-state index in [2.05, 4.69) is 12.2 Å². The van der Waals surface area contributed by atoms with Crippen LogP contribution in [0.25, 0.3) is 0 Å². The highest BCUT2D eigenvalue weighted by Crippen LogP contribution is 2.31. The second-order valence-corrected chi connectivity index (χ2v) is 7.79. The number of phenolic OH excluding ortho intramolecular Hbond substituents is 1. The van der Waals surface area contributed by atoms with Gasteiger partial charge in [-0.2, -0.15) is 0 Å². The lowest BCUT2D eigenvalue weighted by atomic mass is 9.82. The van der Waals surface area contributed by atoms with Gasteiger partial charge in [0.1, 0.15) is 5.75 Å². The summed E-state index contributed by atoms with van der Waals surface area (Å²) in [6, 6.07) is 5.28. The highest BCUT2D eigenvalue weighted by Gasteiger charge is 2.37. The molecule has 30 heavy (non-hydrogen) atoms. The van der Waals surface area contributed by atoms with E-state index in [1.165, 1.54) is 12.5 Å². The Balaban J connectivity index is 0.00000101. The Morgan fingerprint density at radius 3 is 2.70 bits per heavy atom. The summed E-state index contributed by atoms with van der Waals surface area (Å²) >= 11 is 0. The van der Waals surface area contributed by atoms with Gasteiger partial charge in [-0.1, -0.05) is 13.0 Å². The zero-order valence-electron chi connectivity index (χ0n) is 17.7. The van der Waals surface area contributed by atoms with Crippen LogP contribution < -0.4 is 5.32 Å². The molecule has 0 bridgehead atoms. The average Bonchev–Trinajstić information content (AvgIpc) is 2.72. The lowest BCUT2D eigenvalue weighted by Crippen LogP contribution is -2.51. The maximum absolute atomic E-state index is 13.1. The van der Waals surface area contributed by atoms with Crippen LogP contribution in [-0.2, 0) is 32.1 Å². The van der Waals surface area contributed by atoms with Crippen molar-refractivity contribution in [3.63, 3.8) is 0 Å². The SMILES string of the molecule is CCCO[C@@H]1CC[C@H](C(=O)N2CCc3ccc(O)cc3C2)C[C@H]1NC(C)=O.O=CO. The van der Waals surface area contributed by atoms with Crippen LogP contribution in [-0.4, -0.2) is 58.7 Å². The Hall–Kier alpha value is -2.61. The number of phenols is 1. The number of carboxylic acid groups (broad SMARTS) is 1. The first-order chi connectivity index (χ1) is 14.4. The van der Waals surface area contributed by atoms with E-state index in [4.69, 9.17) is 14.6 Å². The van der Waals surface area contributed by atoms with Crippen molar-refractivity contribution >= 4 is 18.3 Å². The standard InChI is InChI=1S/C21H30N2O4.CH2O2/c1-3-10-27-20-7-5-16(12-19(20)22-14(2)24)21(26)23-9-8-15-4-6-18(25)11-17(15)13-23;2-1-3/h4,6,11,16,19-20,25H,3,5,7-10,12-13H2,1-2H3,(H,22,24);1H,(H,2,3)/t16-,19+,20+;/m0./s1. The van der Waals surface area contributed by atoms with E-state index < -0.39 is 0 Å². The molecule has 8 nitrogen and oxygen atoms in total. The zero-order valence-corrected chi connectivity index (χ0v) is 17.7. The second kappa shape index (κ2) is 11.5. The Bertz CT molecular complexity index is 738. The van der Waals surface area contributed by atoms with Gasteiger partial charge in [0.05, 0.1) is 12.1 Å². The quantitative estimate of drug-likeness (QED) is 0.628. The van der Waals surface area contributed by atoms with Gasteiger partial charge in [0.25, 0.3) is 6.47 Å². The first-order valence-electron chi connectivity index (χ1n) is 10.5. The summed E-state index contributed by atoms with van der Waals surface area (Å²) in [6.07, 6.45) is 3.92. The van der Waals surface area contributed by atoms with Crippen LogP contribution in [0.5, 0.6) is 5.75 Å². The van der Waals surface area contributed by atoms with Crippen molar-refractivity contribution in [3.8, 4) is 5.75 Å². The van der Waals surface area contributed by atoms with Crippen molar-refractivity contribution in [3.05, 3.63) is 29.3 Å². The second-order valence-electron chi connectivity index (χ2n) is 7.79. The molecule has 0 aromatic heterocycles. The molecule has 0 spiro atoms. The predicted octanol–water partition coefficient (Wildman–Crippen LogP) is 2.08. The molecular formula is C22H32N2O6. The van der Waals surface area contributed by atoms with Crippen LogP contribution in [0.15, 0.2) is 18.2 Å². The molecule has 166 valence electrons. The molecule has 3 rings (SSSR count). The number of aromatic hydroxyl groups is 1. The van der Waals surface area contributed by atoms with E-state index >= 15 is 0 Å².